The number of hydrogen-bond acceptors (Lipinski definition) is 4. The minimum Gasteiger partial charge on any atom is -0.478 e. The van der Waals surface area contributed by atoms with Crippen LogP contribution in [0, 0.1) is 5.92 Å². The predicted octanol–water partition coefficient (Wildman–Crippen LogP) is 8.14. The van der Waals surface area contributed by atoms with Crippen LogP contribution < -0.4 is 0 Å². The van der Waals surface area contributed by atoms with Crippen LogP contribution in [-0.2, 0) is 4.74 Å². The van der Waals surface area contributed by atoms with Gasteiger partial charge >= 0.3 is 17.9 Å². The molecule has 0 spiro atoms. The van der Waals surface area contributed by atoms with Gasteiger partial charge in [0.1, 0.15) is 0 Å². The van der Waals surface area contributed by atoms with Crippen LogP contribution >= 0.6 is 0 Å². The number of carbonyl (C=O) groups excluding carboxylic acids is 1. The van der Waals surface area contributed by atoms with Crippen molar-refractivity contribution in [3.05, 3.63) is 34.9 Å². The van der Waals surface area contributed by atoms with Gasteiger partial charge in [-0.3, -0.25) is 0 Å². The van der Waals surface area contributed by atoms with Gasteiger partial charge in [0, 0.05) is 0 Å². The van der Waals surface area contributed by atoms with Gasteiger partial charge in [0.2, 0.25) is 0 Å². The fourth-order valence-electron chi connectivity index (χ4n) is 4.36. The van der Waals surface area contributed by atoms with E-state index >= 15 is 0 Å². The number of carboxylic acids is 2. The first-order chi connectivity index (χ1) is 16.9. The van der Waals surface area contributed by atoms with Gasteiger partial charge in [-0.2, -0.15) is 0 Å². The van der Waals surface area contributed by atoms with E-state index in [4.69, 9.17) is 4.74 Å². The Kier molecular flexibility index (Phi) is 16.6. The lowest BCUT2D eigenvalue weighted by Crippen LogP contribution is -2.16. The quantitative estimate of drug-likeness (QED) is 0.133. The lowest BCUT2D eigenvalue weighted by atomic mass is 9.94. The fourth-order valence-corrected chi connectivity index (χ4v) is 4.36. The van der Waals surface area contributed by atoms with Crippen molar-refractivity contribution in [2.45, 2.75) is 117 Å². The Morgan fingerprint density at radius 3 is 1.40 bits per heavy atom. The summed E-state index contributed by atoms with van der Waals surface area (Å²) in [4.78, 5) is 35.3. The zero-order valence-corrected chi connectivity index (χ0v) is 21.9. The van der Waals surface area contributed by atoms with E-state index in [9.17, 15) is 24.6 Å². The van der Waals surface area contributed by atoms with Crippen molar-refractivity contribution in [3.63, 3.8) is 0 Å². The number of hydrogen-bond donors (Lipinski definition) is 2. The van der Waals surface area contributed by atoms with Gasteiger partial charge in [0.15, 0.2) is 0 Å². The highest BCUT2D eigenvalue weighted by molar-refractivity contribution is 5.99. The fraction of sp³-hybridized carbons (Fsp3) is 0.690. The first-order valence-electron chi connectivity index (χ1n) is 13.7. The number of benzene rings is 1. The minimum atomic E-state index is -1.28. The van der Waals surface area contributed by atoms with Crippen molar-refractivity contribution in [2.75, 3.05) is 6.61 Å². The van der Waals surface area contributed by atoms with Crippen molar-refractivity contribution in [2.24, 2.45) is 5.92 Å². The molecule has 0 radical (unpaired) electrons. The van der Waals surface area contributed by atoms with E-state index in [1.54, 1.807) is 0 Å². The van der Waals surface area contributed by atoms with Crippen LogP contribution in [0.15, 0.2) is 18.2 Å². The summed E-state index contributed by atoms with van der Waals surface area (Å²) in [6, 6.07) is 3.40. The first kappa shape index (κ1) is 30.7. The molecule has 0 saturated heterocycles. The Balaban J connectivity index is 2.61. The van der Waals surface area contributed by atoms with Crippen LogP contribution in [0.25, 0.3) is 0 Å². The second-order valence-corrected chi connectivity index (χ2v) is 9.69. The molecule has 1 unspecified atom stereocenters. The summed E-state index contributed by atoms with van der Waals surface area (Å²) in [7, 11) is 0. The maximum absolute atomic E-state index is 12.6. The molecule has 0 heterocycles. The van der Waals surface area contributed by atoms with E-state index in [0.717, 1.165) is 31.7 Å². The van der Waals surface area contributed by atoms with E-state index in [1.807, 2.05) is 0 Å². The van der Waals surface area contributed by atoms with Crippen LogP contribution in [0.1, 0.15) is 148 Å². The molecule has 0 fully saturated rings. The molecule has 0 aliphatic heterocycles. The highest BCUT2D eigenvalue weighted by atomic mass is 16.5. The maximum atomic E-state index is 12.6. The van der Waals surface area contributed by atoms with E-state index < -0.39 is 17.9 Å². The zero-order valence-electron chi connectivity index (χ0n) is 21.9. The van der Waals surface area contributed by atoms with Gasteiger partial charge in [-0.25, -0.2) is 14.4 Å². The van der Waals surface area contributed by atoms with Gasteiger partial charge < -0.3 is 14.9 Å². The van der Waals surface area contributed by atoms with Gasteiger partial charge in [0.25, 0.3) is 0 Å². The number of rotatable bonds is 21. The highest BCUT2D eigenvalue weighted by Crippen LogP contribution is 2.21. The Labute approximate surface area is 211 Å². The molecule has 198 valence electrons. The minimum absolute atomic E-state index is 0.0345. The number of ether oxygens (including phenoxy) is 1. The lowest BCUT2D eigenvalue weighted by molar-refractivity contribution is 0.0422. The summed E-state index contributed by atoms with van der Waals surface area (Å²) < 4.78 is 5.55. The normalized spacial score (nSPS) is 11.8. The van der Waals surface area contributed by atoms with Crippen molar-refractivity contribution >= 4 is 17.9 Å². The number of esters is 1. The molecule has 35 heavy (non-hydrogen) atoms. The van der Waals surface area contributed by atoms with Crippen LogP contribution in [0.2, 0.25) is 0 Å². The molecular weight excluding hydrogens is 444 g/mol. The summed E-state index contributed by atoms with van der Waals surface area (Å²) >= 11 is 0. The molecule has 0 aromatic heterocycles. The second kappa shape index (κ2) is 18.9. The summed E-state index contributed by atoms with van der Waals surface area (Å²) in [5, 5.41) is 18.5. The van der Waals surface area contributed by atoms with Gasteiger partial charge in [-0.05, 0) is 37.0 Å². The number of unbranched alkanes of at least 4 members (excludes halogenated alkanes) is 12. The predicted molar refractivity (Wildman–Crippen MR) is 139 cm³/mol. The number of aromatic carboxylic acids is 2. The average molecular weight is 491 g/mol. The van der Waals surface area contributed by atoms with Crippen molar-refractivity contribution in [1.29, 1.82) is 0 Å². The number of carboxylic acid groups (broad SMARTS) is 2. The van der Waals surface area contributed by atoms with Crippen molar-refractivity contribution in [1.82, 2.24) is 0 Å². The standard InChI is InChI=1S/C29H46O6/c1-3-5-7-9-11-12-14-16-18-23(17-15-13-10-8-6-4-2)22-35-29(34)26-20-24(27(30)31)19-25(21-26)28(32)33/h19-21,23H,3-18,22H2,1-2H3,(H,30,31)(H,32,33). The monoisotopic (exact) mass is 490 g/mol. The molecule has 6 nitrogen and oxygen atoms in total. The molecule has 1 aromatic carbocycles. The largest absolute Gasteiger partial charge is 0.478 e. The Bertz CT molecular complexity index is 725. The highest BCUT2D eigenvalue weighted by Gasteiger charge is 2.18. The molecular formula is C29H46O6. The van der Waals surface area contributed by atoms with E-state index in [1.165, 1.54) is 89.2 Å². The molecule has 0 aliphatic carbocycles. The molecule has 1 atom stereocenters. The maximum Gasteiger partial charge on any atom is 0.338 e. The second-order valence-electron chi connectivity index (χ2n) is 9.69. The molecule has 6 heteroatoms. The van der Waals surface area contributed by atoms with Crippen LogP contribution in [0.5, 0.6) is 0 Å². The van der Waals surface area contributed by atoms with Crippen molar-refractivity contribution < 1.29 is 29.3 Å². The summed E-state index contributed by atoms with van der Waals surface area (Å²) in [5.74, 6) is -2.96. The average Bonchev–Trinajstić information content (AvgIpc) is 2.85. The van der Waals surface area contributed by atoms with Crippen LogP contribution in [-0.4, -0.2) is 34.7 Å². The first-order valence-corrected chi connectivity index (χ1v) is 13.7. The van der Waals surface area contributed by atoms with E-state index in [0.29, 0.717) is 0 Å². The lowest BCUT2D eigenvalue weighted by Gasteiger charge is -2.17. The molecule has 0 amide bonds. The van der Waals surface area contributed by atoms with Crippen LogP contribution in [0.3, 0.4) is 0 Å². The summed E-state index contributed by atoms with van der Waals surface area (Å²) in [5.41, 5.74) is -0.508. The summed E-state index contributed by atoms with van der Waals surface area (Å²) in [6.45, 7) is 4.72. The molecule has 0 bridgehead atoms. The van der Waals surface area contributed by atoms with E-state index in [-0.39, 0.29) is 29.2 Å². The molecule has 1 aromatic rings. The Morgan fingerprint density at radius 1 is 0.629 bits per heavy atom. The number of carbonyl (C=O) groups is 3. The van der Waals surface area contributed by atoms with Gasteiger partial charge in [-0.15, -0.1) is 0 Å². The van der Waals surface area contributed by atoms with Gasteiger partial charge in [-0.1, -0.05) is 104 Å². The Hall–Kier alpha value is -2.37. The topological polar surface area (TPSA) is 101 Å². The van der Waals surface area contributed by atoms with Crippen molar-refractivity contribution in [3.8, 4) is 0 Å². The summed E-state index contributed by atoms with van der Waals surface area (Å²) in [6.07, 6.45) is 19.3. The van der Waals surface area contributed by atoms with Crippen LogP contribution in [0.4, 0.5) is 0 Å². The molecule has 0 aliphatic rings. The SMILES string of the molecule is CCCCCCCCCCC(CCCCCCCC)COC(=O)c1cc(C(=O)O)cc(C(=O)O)c1. The van der Waals surface area contributed by atoms with Gasteiger partial charge in [0.05, 0.1) is 23.3 Å². The zero-order chi connectivity index (χ0) is 25.9. The Morgan fingerprint density at radius 2 is 1.00 bits per heavy atom. The van der Waals surface area contributed by atoms with E-state index in [2.05, 4.69) is 13.8 Å². The molecule has 2 N–H and O–H groups in total. The third-order valence-electron chi connectivity index (χ3n) is 6.54. The smallest absolute Gasteiger partial charge is 0.338 e. The molecule has 0 saturated carbocycles. The third kappa shape index (κ3) is 13.9. The molecule has 1 rings (SSSR count). The third-order valence-corrected chi connectivity index (χ3v) is 6.54.